The Kier molecular flexibility index (Phi) is 1.43. The van der Waals surface area contributed by atoms with Crippen LogP contribution in [0.2, 0.25) is 0 Å². The fourth-order valence-electron chi connectivity index (χ4n) is 2.27. The molecule has 0 aliphatic carbocycles. The summed E-state index contributed by atoms with van der Waals surface area (Å²) in [5, 5.41) is 0. The predicted molar refractivity (Wildman–Crippen MR) is 41.6 cm³/mol. The van der Waals surface area contributed by atoms with Gasteiger partial charge in [0, 0.05) is 6.04 Å². The zero-order chi connectivity index (χ0) is 6.97. The van der Waals surface area contributed by atoms with Crippen LogP contribution in [0, 0.1) is 12.3 Å². The average molecular weight is 135 g/mol. The third-order valence-corrected chi connectivity index (χ3v) is 2.79. The molecule has 2 rings (SSSR count). The smallest absolute Gasteiger partial charge is 0.0714 e. The summed E-state index contributed by atoms with van der Waals surface area (Å²) < 4.78 is 0. The predicted octanol–water partition coefficient (Wildman–Crippen LogP) is 1.25. The van der Waals surface area contributed by atoms with Crippen LogP contribution in [-0.4, -0.2) is 23.5 Å². The molecule has 54 valence electrons. The quantitative estimate of drug-likeness (QED) is 0.452. The van der Waals surface area contributed by atoms with Gasteiger partial charge in [0.05, 0.1) is 6.04 Å². The van der Waals surface area contributed by atoms with E-state index in [1.807, 2.05) is 0 Å². The molecule has 0 aromatic rings. The van der Waals surface area contributed by atoms with Gasteiger partial charge in [0.1, 0.15) is 0 Å². The molecule has 0 aromatic heterocycles. The number of hydrogen-bond donors (Lipinski definition) is 0. The first-order valence-electron chi connectivity index (χ1n) is 4.13. The molecule has 1 nitrogen and oxygen atoms in total. The average Bonchev–Trinajstić information content (AvgIpc) is 2.44. The van der Waals surface area contributed by atoms with Gasteiger partial charge in [-0.05, 0) is 32.2 Å². The molecule has 0 aromatic carbocycles. The molecule has 2 fully saturated rings. The van der Waals surface area contributed by atoms with Crippen molar-refractivity contribution in [3.05, 3.63) is 0 Å². The molecule has 2 saturated heterocycles. The lowest BCUT2D eigenvalue weighted by molar-refractivity contribution is 0.286. The van der Waals surface area contributed by atoms with Crippen molar-refractivity contribution >= 4 is 0 Å². The first-order valence-corrected chi connectivity index (χ1v) is 4.13. The van der Waals surface area contributed by atoms with Gasteiger partial charge >= 0.3 is 0 Å². The van der Waals surface area contributed by atoms with E-state index in [1.165, 1.54) is 32.2 Å². The lowest BCUT2D eigenvalue weighted by atomic mass is 10.1. The van der Waals surface area contributed by atoms with E-state index < -0.39 is 0 Å². The van der Waals surface area contributed by atoms with Gasteiger partial charge in [-0.1, -0.05) is 5.92 Å². The molecule has 1 unspecified atom stereocenters. The summed E-state index contributed by atoms with van der Waals surface area (Å²) >= 11 is 0. The standard InChI is InChI=1S/C9H13N/c1-2-8-5-6-9-4-3-7-10(8)9/h1,8-9H,3-7H2/t8?,9-/m0/s1. The molecule has 0 radical (unpaired) electrons. The van der Waals surface area contributed by atoms with Gasteiger partial charge in [-0.3, -0.25) is 4.90 Å². The van der Waals surface area contributed by atoms with Crippen LogP contribution in [0.25, 0.3) is 0 Å². The van der Waals surface area contributed by atoms with E-state index in [2.05, 4.69) is 10.8 Å². The maximum Gasteiger partial charge on any atom is 0.0714 e. The minimum absolute atomic E-state index is 0.479. The molecular weight excluding hydrogens is 122 g/mol. The van der Waals surface area contributed by atoms with E-state index in [1.54, 1.807) is 0 Å². The normalized spacial score (nSPS) is 39.5. The van der Waals surface area contributed by atoms with Gasteiger partial charge in [0.25, 0.3) is 0 Å². The van der Waals surface area contributed by atoms with Crippen molar-refractivity contribution in [3.8, 4) is 12.3 Å². The van der Waals surface area contributed by atoms with Crippen molar-refractivity contribution in [2.75, 3.05) is 6.54 Å². The summed E-state index contributed by atoms with van der Waals surface area (Å²) in [5.74, 6) is 2.86. The van der Waals surface area contributed by atoms with E-state index in [0.29, 0.717) is 6.04 Å². The Bertz CT molecular complexity index is 168. The molecule has 0 N–H and O–H groups in total. The molecule has 2 atom stereocenters. The zero-order valence-corrected chi connectivity index (χ0v) is 6.21. The number of fused-ring (bicyclic) bond motifs is 1. The first kappa shape index (κ1) is 6.24. The van der Waals surface area contributed by atoms with Crippen LogP contribution in [0.1, 0.15) is 25.7 Å². The van der Waals surface area contributed by atoms with Crippen LogP contribution in [0.4, 0.5) is 0 Å². The maximum absolute atomic E-state index is 5.40. The number of rotatable bonds is 0. The highest BCUT2D eigenvalue weighted by molar-refractivity contribution is 5.07. The minimum atomic E-state index is 0.479. The van der Waals surface area contributed by atoms with Crippen LogP contribution in [0.15, 0.2) is 0 Å². The van der Waals surface area contributed by atoms with E-state index in [0.717, 1.165) is 6.04 Å². The highest BCUT2D eigenvalue weighted by atomic mass is 15.2. The van der Waals surface area contributed by atoms with Crippen molar-refractivity contribution in [2.24, 2.45) is 0 Å². The molecule has 1 heteroatoms. The van der Waals surface area contributed by atoms with Crippen molar-refractivity contribution in [2.45, 2.75) is 37.8 Å². The van der Waals surface area contributed by atoms with Gasteiger partial charge in [-0.15, -0.1) is 6.42 Å². The van der Waals surface area contributed by atoms with Gasteiger partial charge < -0.3 is 0 Å². The van der Waals surface area contributed by atoms with E-state index in [4.69, 9.17) is 6.42 Å². The second-order valence-electron chi connectivity index (χ2n) is 3.29. The third-order valence-electron chi connectivity index (χ3n) is 2.79. The van der Waals surface area contributed by atoms with Gasteiger partial charge in [0.2, 0.25) is 0 Å². The summed E-state index contributed by atoms with van der Waals surface area (Å²) in [4.78, 5) is 2.50. The van der Waals surface area contributed by atoms with Crippen LogP contribution in [0.3, 0.4) is 0 Å². The topological polar surface area (TPSA) is 3.24 Å². The van der Waals surface area contributed by atoms with E-state index >= 15 is 0 Å². The molecule has 10 heavy (non-hydrogen) atoms. The summed E-state index contributed by atoms with van der Waals surface area (Å²) in [7, 11) is 0. The molecule has 2 aliphatic heterocycles. The van der Waals surface area contributed by atoms with Gasteiger partial charge in [0.15, 0.2) is 0 Å². The monoisotopic (exact) mass is 135 g/mol. The van der Waals surface area contributed by atoms with Crippen LogP contribution >= 0.6 is 0 Å². The number of hydrogen-bond acceptors (Lipinski definition) is 1. The number of terminal acetylenes is 1. The number of nitrogens with zero attached hydrogens (tertiary/aromatic N) is 1. The Morgan fingerprint density at radius 1 is 1.30 bits per heavy atom. The Labute approximate surface area is 62.4 Å². The molecule has 0 spiro atoms. The molecule has 0 bridgehead atoms. The van der Waals surface area contributed by atoms with Gasteiger partial charge in [-0.25, -0.2) is 0 Å². The minimum Gasteiger partial charge on any atom is -0.287 e. The highest BCUT2D eigenvalue weighted by Gasteiger charge is 2.35. The zero-order valence-electron chi connectivity index (χ0n) is 6.21. The Balaban J connectivity index is 2.10. The largest absolute Gasteiger partial charge is 0.287 e. The first-order chi connectivity index (χ1) is 4.92. The molecule has 2 heterocycles. The van der Waals surface area contributed by atoms with E-state index in [-0.39, 0.29) is 0 Å². The lowest BCUT2D eigenvalue weighted by Gasteiger charge is -2.18. The fraction of sp³-hybridized carbons (Fsp3) is 0.778. The molecular formula is C9H13N. The third kappa shape index (κ3) is 0.759. The Morgan fingerprint density at radius 2 is 2.20 bits per heavy atom. The summed E-state index contributed by atoms with van der Waals surface area (Å²) in [6.07, 6.45) is 10.7. The molecule has 0 amide bonds. The van der Waals surface area contributed by atoms with Gasteiger partial charge in [-0.2, -0.15) is 0 Å². The molecule has 2 aliphatic rings. The SMILES string of the molecule is C#CC1CC[C@@H]2CCCN12. The van der Waals surface area contributed by atoms with Crippen molar-refractivity contribution < 1.29 is 0 Å². The second kappa shape index (κ2) is 2.29. The second-order valence-corrected chi connectivity index (χ2v) is 3.29. The molecule has 0 saturated carbocycles. The van der Waals surface area contributed by atoms with Crippen molar-refractivity contribution in [1.82, 2.24) is 4.90 Å². The van der Waals surface area contributed by atoms with Crippen LogP contribution in [0.5, 0.6) is 0 Å². The fourth-order valence-corrected chi connectivity index (χ4v) is 2.27. The Morgan fingerprint density at radius 3 is 3.00 bits per heavy atom. The summed E-state index contributed by atoms with van der Waals surface area (Å²) in [6, 6.07) is 1.33. The van der Waals surface area contributed by atoms with Crippen LogP contribution < -0.4 is 0 Å². The highest BCUT2D eigenvalue weighted by Crippen LogP contribution is 2.31. The summed E-state index contributed by atoms with van der Waals surface area (Å²) in [5.41, 5.74) is 0. The van der Waals surface area contributed by atoms with Crippen molar-refractivity contribution in [3.63, 3.8) is 0 Å². The maximum atomic E-state index is 5.40. The van der Waals surface area contributed by atoms with Crippen molar-refractivity contribution in [1.29, 1.82) is 0 Å². The Hall–Kier alpha value is -0.480. The summed E-state index contributed by atoms with van der Waals surface area (Å²) in [6.45, 7) is 1.25. The van der Waals surface area contributed by atoms with Crippen LogP contribution in [-0.2, 0) is 0 Å². The van der Waals surface area contributed by atoms with E-state index in [9.17, 15) is 0 Å². The lowest BCUT2D eigenvalue weighted by Crippen LogP contribution is -2.29.